The first-order valence-corrected chi connectivity index (χ1v) is 15.6. The molecule has 0 spiro atoms. The highest BCUT2D eigenvalue weighted by Gasteiger charge is 2.65. The van der Waals surface area contributed by atoms with E-state index < -0.39 is 24.2 Å². The number of aliphatic hydroxyl groups excluding tert-OH is 3. The molecule has 0 heterocycles. The van der Waals surface area contributed by atoms with Gasteiger partial charge in [0.15, 0.2) is 0 Å². The molecule has 0 saturated heterocycles. The normalized spacial score (nSPS) is 42.1. The highest BCUT2D eigenvalue weighted by molar-refractivity contribution is 5.83. The second-order valence-corrected chi connectivity index (χ2v) is 14.2. The molecular formula is C33H49NO6. The average Bonchev–Trinajstić information content (AvgIpc) is 3.28. The monoisotopic (exact) mass is 555 g/mol. The summed E-state index contributed by atoms with van der Waals surface area (Å²) in [4.78, 5) is 24.6. The van der Waals surface area contributed by atoms with E-state index in [1.165, 1.54) is 0 Å². The SMILES string of the molecule is C[C@H](CCC(=O)N[C@@H](Cc1ccccc1)C(=O)O)[C@H]1CC[C@H]2[C@@H]3[C@@H](O)[C@@H](O)[C@@H]4C[C@H](O)CC[C@]4(C)[C@H]3CC[C@]12C. The highest BCUT2D eigenvalue weighted by atomic mass is 16.4. The topological polar surface area (TPSA) is 127 Å². The number of aliphatic carboxylic acids is 1. The van der Waals surface area contributed by atoms with Gasteiger partial charge in [-0.1, -0.05) is 51.1 Å². The Morgan fingerprint density at radius 1 is 0.925 bits per heavy atom. The van der Waals surface area contributed by atoms with Gasteiger partial charge in [0, 0.05) is 12.8 Å². The van der Waals surface area contributed by atoms with Crippen LogP contribution in [0.4, 0.5) is 0 Å². The third-order valence-electron chi connectivity index (χ3n) is 12.2. The molecule has 0 aliphatic heterocycles. The first-order valence-electron chi connectivity index (χ1n) is 15.6. The van der Waals surface area contributed by atoms with Gasteiger partial charge in [-0.05, 0) is 103 Å². The van der Waals surface area contributed by atoms with Crippen LogP contribution in [-0.2, 0) is 16.0 Å². The minimum absolute atomic E-state index is 0.0477. The summed E-state index contributed by atoms with van der Waals surface area (Å²) >= 11 is 0. The van der Waals surface area contributed by atoms with Crippen LogP contribution in [0.5, 0.6) is 0 Å². The smallest absolute Gasteiger partial charge is 0.326 e. The van der Waals surface area contributed by atoms with E-state index in [1.54, 1.807) is 0 Å². The van der Waals surface area contributed by atoms with Gasteiger partial charge in [-0.25, -0.2) is 4.79 Å². The van der Waals surface area contributed by atoms with E-state index >= 15 is 0 Å². The van der Waals surface area contributed by atoms with E-state index in [4.69, 9.17) is 0 Å². The molecule has 5 rings (SSSR count). The number of aliphatic hydroxyl groups is 3. The molecule has 1 amide bonds. The molecule has 5 N–H and O–H groups in total. The van der Waals surface area contributed by atoms with Gasteiger partial charge in [0.05, 0.1) is 18.3 Å². The first kappa shape index (κ1) is 29.5. The van der Waals surface area contributed by atoms with Gasteiger partial charge in [-0.2, -0.15) is 0 Å². The number of carbonyl (C=O) groups excluding carboxylic acids is 1. The zero-order chi connectivity index (χ0) is 28.8. The summed E-state index contributed by atoms with van der Waals surface area (Å²) in [5, 5.41) is 45.5. The Hall–Kier alpha value is -1.96. The molecule has 7 nitrogen and oxygen atoms in total. The van der Waals surface area contributed by atoms with Crippen molar-refractivity contribution >= 4 is 11.9 Å². The van der Waals surface area contributed by atoms with Crippen LogP contribution in [0, 0.1) is 46.3 Å². The molecule has 0 unspecified atom stereocenters. The second kappa shape index (κ2) is 11.4. The zero-order valence-corrected chi connectivity index (χ0v) is 24.3. The van der Waals surface area contributed by atoms with Crippen LogP contribution in [-0.4, -0.2) is 56.7 Å². The minimum Gasteiger partial charge on any atom is -0.480 e. The number of amides is 1. The number of hydrogen-bond acceptors (Lipinski definition) is 5. The molecule has 4 aliphatic rings. The van der Waals surface area contributed by atoms with Crippen molar-refractivity contribution in [2.45, 2.75) is 109 Å². The highest BCUT2D eigenvalue weighted by Crippen LogP contribution is 2.68. The first-order chi connectivity index (χ1) is 19.0. The molecule has 40 heavy (non-hydrogen) atoms. The van der Waals surface area contributed by atoms with Crippen LogP contribution in [0.15, 0.2) is 30.3 Å². The molecule has 4 aliphatic carbocycles. The number of carboxylic acids is 1. The minimum atomic E-state index is -1.02. The Morgan fingerprint density at radius 3 is 2.30 bits per heavy atom. The lowest BCUT2D eigenvalue weighted by atomic mass is 9.43. The van der Waals surface area contributed by atoms with Crippen LogP contribution in [0.2, 0.25) is 0 Å². The van der Waals surface area contributed by atoms with Gasteiger partial charge in [-0.15, -0.1) is 0 Å². The third kappa shape index (κ3) is 5.22. The molecule has 4 saturated carbocycles. The van der Waals surface area contributed by atoms with Crippen LogP contribution < -0.4 is 5.32 Å². The summed E-state index contributed by atoms with van der Waals surface area (Å²) in [6.07, 6.45) is 5.80. The molecule has 7 heteroatoms. The van der Waals surface area contributed by atoms with E-state index in [1.807, 2.05) is 30.3 Å². The molecule has 12 atom stereocenters. The summed E-state index contributed by atoms with van der Waals surface area (Å²) in [6, 6.07) is 8.42. The van der Waals surface area contributed by atoms with Gasteiger partial charge in [0.1, 0.15) is 6.04 Å². The van der Waals surface area contributed by atoms with E-state index in [9.17, 15) is 30.0 Å². The fourth-order valence-electron chi connectivity index (χ4n) is 10.1. The Morgan fingerprint density at radius 2 is 1.60 bits per heavy atom. The summed E-state index contributed by atoms with van der Waals surface area (Å²) in [6.45, 7) is 6.90. The largest absolute Gasteiger partial charge is 0.480 e. The third-order valence-corrected chi connectivity index (χ3v) is 12.2. The van der Waals surface area contributed by atoms with E-state index in [0.717, 1.165) is 44.1 Å². The molecule has 1 aromatic carbocycles. The number of carboxylic acid groups (broad SMARTS) is 1. The van der Waals surface area contributed by atoms with Crippen molar-refractivity contribution in [1.29, 1.82) is 0 Å². The second-order valence-electron chi connectivity index (χ2n) is 14.2. The Bertz CT molecular complexity index is 1060. The molecule has 4 fully saturated rings. The van der Waals surface area contributed by atoms with Crippen molar-refractivity contribution in [2.75, 3.05) is 0 Å². The zero-order valence-electron chi connectivity index (χ0n) is 24.3. The molecule has 222 valence electrons. The fraction of sp³-hybridized carbons (Fsp3) is 0.758. The lowest BCUT2D eigenvalue weighted by Gasteiger charge is -2.63. The standard InChI is InChI=1S/C33H49NO6/c1-19(9-12-27(36)34-26(31(39)40)17-20-7-5-4-6-8-20)22-10-11-23-28-24(14-16-32(22,23)2)33(3)15-13-21(35)18-25(33)29(37)30(28)38/h4-8,19,21-26,28-30,35,37-38H,9-18H2,1-3H3,(H,34,36)(H,39,40)/t19-,21-,22-,23+,24+,25+,26+,28+,29+,30-,32-,33-/m1/s1. The molecule has 0 bridgehead atoms. The summed E-state index contributed by atoms with van der Waals surface area (Å²) in [5.74, 6) is 0.195. The number of rotatable bonds is 8. The van der Waals surface area contributed by atoms with Crippen molar-refractivity contribution < 1.29 is 30.0 Å². The lowest BCUT2D eigenvalue weighted by Crippen LogP contribution is -2.64. The van der Waals surface area contributed by atoms with Crippen LogP contribution >= 0.6 is 0 Å². The number of fused-ring (bicyclic) bond motifs is 5. The summed E-state index contributed by atoms with van der Waals surface area (Å²) in [7, 11) is 0. The fourth-order valence-corrected chi connectivity index (χ4v) is 10.1. The van der Waals surface area contributed by atoms with Gasteiger partial charge >= 0.3 is 5.97 Å². The molecule has 0 aromatic heterocycles. The van der Waals surface area contributed by atoms with Crippen LogP contribution in [0.25, 0.3) is 0 Å². The van der Waals surface area contributed by atoms with Crippen molar-refractivity contribution in [1.82, 2.24) is 5.32 Å². The Kier molecular flexibility index (Phi) is 8.40. The maximum Gasteiger partial charge on any atom is 0.326 e. The molecule has 0 radical (unpaired) electrons. The maximum absolute atomic E-state index is 12.8. The maximum atomic E-state index is 12.8. The van der Waals surface area contributed by atoms with Crippen molar-refractivity contribution in [3.05, 3.63) is 35.9 Å². The van der Waals surface area contributed by atoms with Crippen LogP contribution in [0.3, 0.4) is 0 Å². The quantitative estimate of drug-likeness (QED) is 0.328. The summed E-state index contributed by atoms with van der Waals surface area (Å²) < 4.78 is 0. The number of carbonyl (C=O) groups is 2. The average molecular weight is 556 g/mol. The Labute approximate surface area is 238 Å². The van der Waals surface area contributed by atoms with E-state index in [2.05, 4.69) is 26.1 Å². The molecule has 1 aromatic rings. The predicted octanol–water partition coefficient (Wildman–Crippen LogP) is 4.18. The predicted molar refractivity (Wildman–Crippen MR) is 152 cm³/mol. The number of benzene rings is 1. The number of hydrogen-bond donors (Lipinski definition) is 5. The van der Waals surface area contributed by atoms with Crippen molar-refractivity contribution in [3.63, 3.8) is 0 Å². The van der Waals surface area contributed by atoms with Crippen molar-refractivity contribution in [3.8, 4) is 0 Å². The van der Waals surface area contributed by atoms with Gasteiger partial charge in [0.2, 0.25) is 5.91 Å². The van der Waals surface area contributed by atoms with Crippen LogP contribution in [0.1, 0.15) is 84.1 Å². The number of nitrogens with one attached hydrogen (secondary N) is 1. The Balaban J connectivity index is 1.22. The van der Waals surface area contributed by atoms with Crippen molar-refractivity contribution in [2.24, 2.45) is 46.3 Å². The van der Waals surface area contributed by atoms with Gasteiger partial charge in [0.25, 0.3) is 0 Å². The lowest BCUT2D eigenvalue weighted by molar-refractivity contribution is -0.223. The van der Waals surface area contributed by atoms with Gasteiger partial charge in [-0.3, -0.25) is 4.79 Å². The van der Waals surface area contributed by atoms with E-state index in [-0.39, 0.29) is 41.1 Å². The summed E-state index contributed by atoms with van der Waals surface area (Å²) in [5.41, 5.74) is 0.877. The van der Waals surface area contributed by atoms with E-state index in [0.29, 0.717) is 42.9 Å². The molecular weight excluding hydrogens is 506 g/mol. The van der Waals surface area contributed by atoms with Gasteiger partial charge < -0.3 is 25.7 Å².